The average molecular weight is 222 g/mol. The Morgan fingerprint density at radius 3 is 2.25 bits per heavy atom. The van der Waals surface area contributed by atoms with Crippen molar-refractivity contribution < 1.29 is 0 Å². The molecule has 3 aliphatic rings. The molecule has 3 fully saturated rings. The lowest BCUT2D eigenvalue weighted by Gasteiger charge is -2.53. The van der Waals surface area contributed by atoms with Crippen molar-refractivity contribution >= 4 is 0 Å². The number of nitrogens with zero attached hydrogens (tertiary/aromatic N) is 1. The summed E-state index contributed by atoms with van der Waals surface area (Å²) in [6, 6.07) is 0.849. The minimum absolute atomic E-state index is 0.215. The Kier molecular flexibility index (Phi) is 2.56. The predicted molar refractivity (Wildman–Crippen MR) is 67.2 cm³/mol. The standard InChI is InChI=1S/C14H26N2/c1-10-3-6-13(7-11(10)2)16-8-14(15,9-16)12-4-5-12/h10-13H,3-9,15H2,1-2H3. The molecule has 0 amide bonds. The van der Waals surface area contributed by atoms with Crippen LogP contribution in [0.5, 0.6) is 0 Å². The lowest BCUT2D eigenvalue weighted by atomic mass is 9.75. The van der Waals surface area contributed by atoms with Crippen LogP contribution in [0.1, 0.15) is 46.0 Å². The highest BCUT2D eigenvalue weighted by atomic mass is 15.3. The molecular weight excluding hydrogens is 196 g/mol. The van der Waals surface area contributed by atoms with Gasteiger partial charge in [0.1, 0.15) is 0 Å². The van der Waals surface area contributed by atoms with Crippen molar-refractivity contribution in [3.63, 3.8) is 0 Å². The molecule has 0 aromatic heterocycles. The fraction of sp³-hybridized carbons (Fsp3) is 1.00. The van der Waals surface area contributed by atoms with Gasteiger partial charge >= 0.3 is 0 Å². The van der Waals surface area contributed by atoms with Crippen LogP contribution >= 0.6 is 0 Å². The first-order valence-corrected chi connectivity index (χ1v) is 7.11. The highest BCUT2D eigenvalue weighted by Crippen LogP contribution is 2.45. The summed E-state index contributed by atoms with van der Waals surface area (Å²) in [5, 5.41) is 0. The van der Waals surface area contributed by atoms with Gasteiger partial charge in [-0.05, 0) is 49.9 Å². The Labute approximate surface area is 99.6 Å². The molecule has 2 saturated carbocycles. The third-order valence-corrected chi connectivity index (χ3v) is 5.47. The molecule has 2 nitrogen and oxygen atoms in total. The molecule has 0 bridgehead atoms. The van der Waals surface area contributed by atoms with Crippen LogP contribution in [0.2, 0.25) is 0 Å². The summed E-state index contributed by atoms with van der Waals surface area (Å²) >= 11 is 0. The van der Waals surface area contributed by atoms with E-state index >= 15 is 0 Å². The molecule has 2 aliphatic carbocycles. The Morgan fingerprint density at radius 2 is 1.69 bits per heavy atom. The van der Waals surface area contributed by atoms with E-state index in [1.54, 1.807) is 0 Å². The number of hydrogen-bond acceptors (Lipinski definition) is 2. The zero-order valence-corrected chi connectivity index (χ0v) is 10.8. The maximum atomic E-state index is 6.43. The van der Waals surface area contributed by atoms with Crippen molar-refractivity contribution in [1.29, 1.82) is 0 Å². The van der Waals surface area contributed by atoms with Crippen molar-refractivity contribution in [2.75, 3.05) is 13.1 Å². The van der Waals surface area contributed by atoms with E-state index in [0.29, 0.717) is 0 Å². The van der Waals surface area contributed by atoms with Crippen molar-refractivity contribution in [3.05, 3.63) is 0 Å². The van der Waals surface area contributed by atoms with Gasteiger partial charge in [0.2, 0.25) is 0 Å². The summed E-state index contributed by atoms with van der Waals surface area (Å²) in [5.41, 5.74) is 6.64. The van der Waals surface area contributed by atoms with Crippen molar-refractivity contribution in [2.24, 2.45) is 23.5 Å². The number of likely N-dealkylation sites (tertiary alicyclic amines) is 1. The monoisotopic (exact) mass is 222 g/mol. The average Bonchev–Trinajstić information content (AvgIpc) is 3.01. The van der Waals surface area contributed by atoms with E-state index in [1.807, 2.05) is 0 Å². The third kappa shape index (κ3) is 1.80. The maximum absolute atomic E-state index is 6.43. The van der Waals surface area contributed by atoms with Gasteiger partial charge < -0.3 is 5.73 Å². The molecule has 0 radical (unpaired) electrons. The zero-order valence-electron chi connectivity index (χ0n) is 10.8. The summed E-state index contributed by atoms with van der Waals surface area (Å²) in [6.45, 7) is 7.20. The van der Waals surface area contributed by atoms with Crippen LogP contribution in [0, 0.1) is 17.8 Å². The van der Waals surface area contributed by atoms with Gasteiger partial charge in [0.05, 0.1) is 0 Å². The normalized spacial score (nSPS) is 44.1. The van der Waals surface area contributed by atoms with Crippen LogP contribution in [-0.4, -0.2) is 29.6 Å². The number of nitrogens with two attached hydrogens (primary N) is 1. The van der Waals surface area contributed by atoms with E-state index in [4.69, 9.17) is 5.73 Å². The maximum Gasteiger partial charge on any atom is 0.0441 e. The fourth-order valence-electron chi connectivity index (χ4n) is 3.74. The molecule has 16 heavy (non-hydrogen) atoms. The van der Waals surface area contributed by atoms with Gasteiger partial charge in [-0.15, -0.1) is 0 Å². The second-order valence-corrected chi connectivity index (χ2v) is 6.83. The topological polar surface area (TPSA) is 29.3 Å². The third-order valence-electron chi connectivity index (χ3n) is 5.47. The van der Waals surface area contributed by atoms with Crippen molar-refractivity contribution in [3.8, 4) is 0 Å². The van der Waals surface area contributed by atoms with Gasteiger partial charge in [0.15, 0.2) is 0 Å². The summed E-state index contributed by atoms with van der Waals surface area (Å²) < 4.78 is 0. The second-order valence-electron chi connectivity index (χ2n) is 6.83. The Morgan fingerprint density at radius 1 is 1.00 bits per heavy atom. The van der Waals surface area contributed by atoms with Crippen LogP contribution < -0.4 is 5.73 Å². The van der Waals surface area contributed by atoms with Gasteiger partial charge in [0, 0.05) is 24.7 Å². The lowest BCUT2D eigenvalue weighted by molar-refractivity contribution is -0.0112. The minimum atomic E-state index is 0.215. The van der Waals surface area contributed by atoms with Gasteiger partial charge in [-0.1, -0.05) is 13.8 Å². The first-order chi connectivity index (χ1) is 7.58. The highest BCUT2D eigenvalue weighted by Gasteiger charge is 2.51. The van der Waals surface area contributed by atoms with E-state index < -0.39 is 0 Å². The molecule has 3 rings (SSSR count). The fourth-order valence-corrected chi connectivity index (χ4v) is 3.74. The highest BCUT2D eigenvalue weighted by molar-refractivity contribution is 5.10. The van der Waals surface area contributed by atoms with E-state index in [0.717, 1.165) is 23.8 Å². The molecule has 1 saturated heterocycles. The zero-order chi connectivity index (χ0) is 11.3. The summed E-state index contributed by atoms with van der Waals surface area (Å²) in [4.78, 5) is 2.67. The molecule has 92 valence electrons. The van der Waals surface area contributed by atoms with Gasteiger partial charge in [-0.2, -0.15) is 0 Å². The largest absolute Gasteiger partial charge is 0.323 e. The van der Waals surface area contributed by atoms with Gasteiger partial charge in [0.25, 0.3) is 0 Å². The first kappa shape index (κ1) is 11.0. The smallest absolute Gasteiger partial charge is 0.0441 e. The minimum Gasteiger partial charge on any atom is -0.323 e. The quantitative estimate of drug-likeness (QED) is 0.776. The summed E-state index contributed by atoms with van der Waals surface area (Å²) in [6.07, 6.45) is 7.02. The summed E-state index contributed by atoms with van der Waals surface area (Å²) in [5.74, 6) is 2.71. The Hall–Kier alpha value is -0.0800. The Balaban J connectivity index is 1.52. The molecule has 3 unspecified atom stereocenters. The molecule has 0 aromatic rings. The lowest BCUT2D eigenvalue weighted by Crippen LogP contribution is -2.71. The van der Waals surface area contributed by atoms with Crippen molar-refractivity contribution in [2.45, 2.75) is 57.5 Å². The van der Waals surface area contributed by atoms with Gasteiger partial charge in [-0.3, -0.25) is 4.90 Å². The molecule has 3 atom stereocenters. The van der Waals surface area contributed by atoms with E-state index in [1.165, 1.54) is 45.2 Å². The number of rotatable bonds is 2. The molecule has 1 aliphatic heterocycles. The predicted octanol–water partition coefficient (Wildman–Crippen LogP) is 2.23. The Bertz CT molecular complexity index is 266. The van der Waals surface area contributed by atoms with Gasteiger partial charge in [-0.25, -0.2) is 0 Å². The SMILES string of the molecule is CC1CCC(N2CC(N)(C3CC3)C2)CC1C. The van der Waals surface area contributed by atoms with E-state index in [9.17, 15) is 0 Å². The van der Waals surface area contributed by atoms with E-state index in [-0.39, 0.29) is 5.54 Å². The molecule has 0 aromatic carbocycles. The van der Waals surface area contributed by atoms with Crippen LogP contribution in [0.25, 0.3) is 0 Å². The first-order valence-electron chi connectivity index (χ1n) is 7.11. The van der Waals surface area contributed by atoms with Crippen LogP contribution in [0.15, 0.2) is 0 Å². The molecular formula is C14H26N2. The van der Waals surface area contributed by atoms with Crippen LogP contribution in [0.4, 0.5) is 0 Å². The van der Waals surface area contributed by atoms with Crippen molar-refractivity contribution in [1.82, 2.24) is 4.90 Å². The van der Waals surface area contributed by atoms with Crippen LogP contribution in [-0.2, 0) is 0 Å². The summed E-state index contributed by atoms with van der Waals surface area (Å²) in [7, 11) is 0. The second kappa shape index (κ2) is 3.71. The molecule has 2 N–H and O–H groups in total. The molecule has 1 heterocycles. The van der Waals surface area contributed by atoms with Crippen LogP contribution in [0.3, 0.4) is 0 Å². The molecule has 2 heteroatoms. The number of hydrogen-bond donors (Lipinski definition) is 1. The molecule has 0 spiro atoms. The van der Waals surface area contributed by atoms with E-state index in [2.05, 4.69) is 18.7 Å².